The molecule has 2 aromatic rings. The highest BCUT2D eigenvalue weighted by Crippen LogP contribution is 2.31. The van der Waals surface area contributed by atoms with Crippen LogP contribution in [0.5, 0.6) is 0 Å². The van der Waals surface area contributed by atoms with E-state index < -0.39 is 11.7 Å². The smallest absolute Gasteiger partial charge is 0.369 e. The molecule has 1 aliphatic rings. The quantitative estimate of drug-likeness (QED) is 0.693. The van der Waals surface area contributed by atoms with Gasteiger partial charge in [0.15, 0.2) is 5.76 Å². The lowest BCUT2D eigenvalue weighted by Crippen LogP contribution is -2.48. The average Bonchev–Trinajstić information content (AvgIpc) is 3.15. The fourth-order valence-electron chi connectivity index (χ4n) is 3.51. The second-order valence-electron chi connectivity index (χ2n) is 9.04. The maximum Gasteiger partial charge on any atom is 0.416 e. The molecule has 0 saturated carbocycles. The van der Waals surface area contributed by atoms with Crippen LogP contribution >= 0.6 is 0 Å². The van der Waals surface area contributed by atoms with Gasteiger partial charge in [-0.25, -0.2) is 0 Å². The van der Waals surface area contributed by atoms with Gasteiger partial charge < -0.3 is 9.42 Å². The highest BCUT2D eigenvalue weighted by Gasteiger charge is 2.31. The topological polar surface area (TPSA) is 35.8 Å². The van der Waals surface area contributed by atoms with Crippen LogP contribution in [0.4, 0.5) is 18.9 Å². The Balaban J connectivity index is 1.44. The molecule has 1 fully saturated rings. The van der Waals surface area contributed by atoms with Gasteiger partial charge in [0.2, 0.25) is 0 Å². The number of anilines is 1. The van der Waals surface area contributed by atoms with Gasteiger partial charge in [-0.3, -0.25) is 9.80 Å². The summed E-state index contributed by atoms with van der Waals surface area (Å²) in [4.78, 5) is 6.58. The zero-order chi connectivity index (χ0) is 21.9. The summed E-state index contributed by atoms with van der Waals surface area (Å²) in [7, 11) is 2.05. The van der Waals surface area contributed by atoms with E-state index in [-0.39, 0.29) is 5.41 Å². The summed E-state index contributed by atoms with van der Waals surface area (Å²) < 4.78 is 44.3. The van der Waals surface area contributed by atoms with Gasteiger partial charge in [-0.1, -0.05) is 32.0 Å². The Kier molecular flexibility index (Phi) is 6.77. The summed E-state index contributed by atoms with van der Waals surface area (Å²) >= 11 is 0. The second-order valence-corrected chi connectivity index (χ2v) is 9.04. The fourth-order valence-corrected chi connectivity index (χ4v) is 3.51. The van der Waals surface area contributed by atoms with Crippen LogP contribution in [0.15, 0.2) is 34.9 Å². The molecule has 0 bridgehead atoms. The highest BCUT2D eigenvalue weighted by molar-refractivity contribution is 5.49. The minimum atomic E-state index is -4.31. The standard InChI is InChI=1S/C22H31F3N4O/c1-21(2,3)20-15-19(30-26-20)16-27(4)8-9-28-10-12-29(13-11-28)18-7-5-6-17(14-18)22(23,24)25/h5-7,14-15H,8-13,16H2,1-4H3. The lowest BCUT2D eigenvalue weighted by atomic mass is 9.92. The van der Waals surface area contributed by atoms with Gasteiger partial charge in [0.1, 0.15) is 0 Å². The number of piperazine rings is 1. The molecule has 3 rings (SSSR count). The molecule has 0 atom stereocenters. The molecule has 0 radical (unpaired) electrons. The van der Waals surface area contributed by atoms with E-state index in [1.807, 2.05) is 11.0 Å². The van der Waals surface area contributed by atoms with Crippen LogP contribution in [-0.2, 0) is 18.1 Å². The molecule has 30 heavy (non-hydrogen) atoms. The summed E-state index contributed by atoms with van der Waals surface area (Å²) in [6, 6.07) is 7.61. The summed E-state index contributed by atoms with van der Waals surface area (Å²) in [5, 5.41) is 4.16. The number of rotatable bonds is 6. The predicted octanol–water partition coefficient (Wildman–Crippen LogP) is 4.24. The average molecular weight is 425 g/mol. The van der Waals surface area contributed by atoms with E-state index in [0.717, 1.165) is 56.8 Å². The molecule has 5 nitrogen and oxygen atoms in total. The minimum Gasteiger partial charge on any atom is -0.369 e. The summed E-state index contributed by atoms with van der Waals surface area (Å²) in [6.45, 7) is 11.9. The third-order valence-corrected chi connectivity index (χ3v) is 5.46. The number of alkyl halides is 3. The lowest BCUT2D eigenvalue weighted by molar-refractivity contribution is -0.137. The van der Waals surface area contributed by atoms with Gasteiger partial charge in [0.25, 0.3) is 0 Å². The van der Waals surface area contributed by atoms with E-state index in [2.05, 4.69) is 42.8 Å². The maximum absolute atomic E-state index is 12.9. The molecule has 2 heterocycles. The summed E-state index contributed by atoms with van der Waals surface area (Å²) in [5.74, 6) is 0.858. The first-order valence-electron chi connectivity index (χ1n) is 10.3. The number of hydrogen-bond acceptors (Lipinski definition) is 5. The van der Waals surface area contributed by atoms with Crippen molar-refractivity contribution in [3.05, 3.63) is 47.3 Å². The van der Waals surface area contributed by atoms with Gasteiger partial charge in [-0.2, -0.15) is 13.2 Å². The SMILES string of the molecule is CN(CCN1CCN(c2cccc(C(F)(F)F)c2)CC1)Cc1cc(C(C)(C)C)no1. The van der Waals surface area contributed by atoms with Crippen molar-refractivity contribution in [1.82, 2.24) is 15.0 Å². The van der Waals surface area contributed by atoms with Crippen LogP contribution in [0.3, 0.4) is 0 Å². The fraction of sp³-hybridized carbons (Fsp3) is 0.591. The molecule has 0 N–H and O–H groups in total. The third kappa shape index (κ3) is 5.98. The monoisotopic (exact) mass is 424 g/mol. The van der Waals surface area contributed by atoms with Gasteiger partial charge in [0.05, 0.1) is 17.8 Å². The zero-order valence-electron chi connectivity index (χ0n) is 18.2. The first-order valence-corrected chi connectivity index (χ1v) is 10.3. The molecule has 166 valence electrons. The Morgan fingerprint density at radius 2 is 1.77 bits per heavy atom. The molecule has 1 aliphatic heterocycles. The van der Waals surface area contributed by atoms with Crippen molar-refractivity contribution < 1.29 is 17.7 Å². The number of aromatic nitrogens is 1. The van der Waals surface area contributed by atoms with Crippen molar-refractivity contribution in [3.63, 3.8) is 0 Å². The Bertz CT molecular complexity index is 820. The van der Waals surface area contributed by atoms with Crippen LogP contribution in [-0.4, -0.2) is 61.3 Å². The largest absolute Gasteiger partial charge is 0.416 e. The van der Waals surface area contributed by atoms with Gasteiger partial charge in [-0.05, 0) is 25.2 Å². The van der Waals surface area contributed by atoms with E-state index >= 15 is 0 Å². The molecular weight excluding hydrogens is 393 g/mol. The first kappa shape index (κ1) is 22.6. The Hall–Kier alpha value is -2.06. The van der Waals surface area contributed by atoms with Crippen molar-refractivity contribution in [2.24, 2.45) is 0 Å². The lowest BCUT2D eigenvalue weighted by Gasteiger charge is -2.36. The van der Waals surface area contributed by atoms with Crippen molar-refractivity contribution in [2.45, 2.75) is 38.9 Å². The minimum absolute atomic E-state index is 0.0282. The maximum atomic E-state index is 12.9. The van der Waals surface area contributed by atoms with E-state index in [0.29, 0.717) is 12.2 Å². The molecule has 1 aromatic heterocycles. The summed E-state index contributed by atoms with van der Waals surface area (Å²) in [6.07, 6.45) is -4.31. The molecule has 0 unspecified atom stereocenters. The Morgan fingerprint density at radius 3 is 2.37 bits per heavy atom. The third-order valence-electron chi connectivity index (χ3n) is 5.46. The van der Waals surface area contributed by atoms with Gasteiger partial charge in [0, 0.05) is 56.4 Å². The van der Waals surface area contributed by atoms with Crippen molar-refractivity contribution >= 4 is 5.69 Å². The molecular formula is C22H31F3N4O. The van der Waals surface area contributed by atoms with Crippen LogP contribution in [0.2, 0.25) is 0 Å². The van der Waals surface area contributed by atoms with E-state index in [9.17, 15) is 13.2 Å². The van der Waals surface area contributed by atoms with Crippen molar-refractivity contribution in [2.75, 3.05) is 51.2 Å². The zero-order valence-corrected chi connectivity index (χ0v) is 18.2. The van der Waals surface area contributed by atoms with Crippen LogP contribution in [0.1, 0.15) is 37.8 Å². The molecule has 1 aromatic carbocycles. The molecule has 0 amide bonds. The van der Waals surface area contributed by atoms with Crippen LogP contribution < -0.4 is 4.90 Å². The molecule has 1 saturated heterocycles. The molecule has 8 heteroatoms. The highest BCUT2D eigenvalue weighted by atomic mass is 19.4. The number of halogens is 3. The summed E-state index contributed by atoms with van der Waals surface area (Å²) in [5.41, 5.74) is 0.976. The van der Waals surface area contributed by atoms with Crippen LogP contribution in [0.25, 0.3) is 0 Å². The second kappa shape index (κ2) is 8.98. The van der Waals surface area contributed by atoms with Crippen molar-refractivity contribution in [3.8, 4) is 0 Å². The Morgan fingerprint density at radius 1 is 1.07 bits per heavy atom. The van der Waals surface area contributed by atoms with E-state index in [1.165, 1.54) is 12.1 Å². The first-order chi connectivity index (χ1) is 14.0. The number of likely N-dealkylation sites (N-methyl/N-ethyl adjacent to an activating group) is 1. The van der Waals surface area contributed by atoms with E-state index in [4.69, 9.17) is 4.52 Å². The molecule has 0 aliphatic carbocycles. The van der Waals surface area contributed by atoms with Crippen LogP contribution in [0, 0.1) is 0 Å². The number of nitrogens with zero attached hydrogens (tertiary/aromatic N) is 4. The number of hydrogen-bond donors (Lipinski definition) is 0. The Labute approximate surface area is 176 Å². The normalized spacial score (nSPS) is 16.5. The van der Waals surface area contributed by atoms with Gasteiger partial charge >= 0.3 is 6.18 Å². The predicted molar refractivity (Wildman–Crippen MR) is 112 cm³/mol. The molecule has 0 spiro atoms. The van der Waals surface area contributed by atoms with Gasteiger partial charge in [-0.15, -0.1) is 0 Å². The number of benzene rings is 1. The van der Waals surface area contributed by atoms with Crippen molar-refractivity contribution in [1.29, 1.82) is 0 Å². The van der Waals surface area contributed by atoms with E-state index in [1.54, 1.807) is 6.07 Å².